The smallest absolute Gasteiger partial charge is 0.264 e. The van der Waals surface area contributed by atoms with E-state index in [0.717, 1.165) is 24.4 Å². The number of carbonyl (C=O) groups excluding carboxylic acids is 1. The lowest BCUT2D eigenvalue weighted by atomic mass is 9.93. The maximum atomic E-state index is 12.0. The molecule has 2 bridgehead atoms. The Balaban J connectivity index is 1.64. The summed E-state index contributed by atoms with van der Waals surface area (Å²) in [5.41, 5.74) is 0. The summed E-state index contributed by atoms with van der Waals surface area (Å²) in [4.78, 5) is 16.2. The molecule has 3 aliphatic rings. The second-order valence-corrected chi connectivity index (χ2v) is 8.07. The number of nitrogens with one attached hydrogen (secondary N) is 1. The van der Waals surface area contributed by atoms with Crippen LogP contribution in [0.3, 0.4) is 0 Å². The van der Waals surface area contributed by atoms with E-state index in [1.807, 2.05) is 6.92 Å². The van der Waals surface area contributed by atoms with Gasteiger partial charge in [-0.1, -0.05) is 25.6 Å². The van der Waals surface area contributed by atoms with E-state index in [0.29, 0.717) is 17.9 Å². The first kappa shape index (κ1) is 13.4. The Bertz CT molecular complexity index is 435. The van der Waals surface area contributed by atoms with E-state index in [9.17, 15) is 9.90 Å². The summed E-state index contributed by atoms with van der Waals surface area (Å²) in [6.45, 7) is 6.11. The predicted molar refractivity (Wildman–Crippen MR) is 77.0 cm³/mol. The molecule has 106 valence electrons. The lowest BCUT2D eigenvalue weighted by molar-refractivity contribution is -0.120. The molecule has 0 radical (unpaired) electrons. The Hall–Kier alpha value is -0.550. The van der Waals surface area contributed by atoms with Crippen molar-refractivity contribution < 1.29 is 9.90 Å². The first-order chi connectivity index (χ1) is 8.90. The van der Waals surface area contributed by atoms with Crippen LogP contribution in [0.25, 0.3) is 0 Å². The van der Waals surface area contributed by atoms with Gasteiger partial charge in [-0.15, -0.1) is 0 Å². The third-order valence-corrected chi connectivity index (χ3v) is 6.64. The number of aliphatic hydroxyl groups excluding tert-OH is 1. The second kappa shape index (κ2) is 4.48. The van der Waals surface area contributed by atoms with Gasteiger partial charge in [0, 0.05) is 6.04 Å². The molecular weight excluding hydrogens is 260 g/mol. The fraction of sp³-hybridized carbons (Fsp3) is 0.857. The topological polar surface area (TPSA) is 61.7 Å². The van der Waals surface area contributed by atoms with Gasteiger partial charge in [0.15, 0.2) is 5.17 Å². The number of rotatable bonds is 2. The molecule has 0 saturated heterocycles. The molecule has 5 heteroatoms. The molecular formula is C14H22N2O2S. The van der Waals surface area contributed by atoms with Gasteiger partial charge in [-0.3, -0.25) is 4.79 Å². The van der Waals surface area contributed by atoms with Gasteiger partial charge in [-0.2, -0.15) is 4.99 Å². The molecule has 1 heterocycles. The molecule has 0 spiro atoms. The maximum Gasteiger partial charge on any atom is 0.264 e. The first-order valence-corrected chi connectivity index (χ1v) is 7.98. The zero-order valence-electron chi connectivity index (χ0n) is 11.7. The van der Waals surface area contributed by atoms with Crippen molar-refractivity contribution in [3.63, 3.8) is 0 Å². The average molecular weight is 282 g/mol. The highest BCUT2D eigenvalue weighted by atomic mass is 32.2. The zero-order chi connectivity index (χ0) is 13.8. The van der Waals surface area contributed by atoms with E-state index in [4.69, 9.17) is 0 Å². The summed E-state index contributed by atoms with van der Waals surface area (Å²) >= 11 is 1.57. The van der Waals surface area contributed by atoms with E-state index in [-0.39, 0.29) is 17.9 Å². The van der Waals surface area contributed by atoms with Gasteiger partial charge in [0.05, 0.1) is 6.10 Å². The Labute approximate surface area is 118 Å². The lowest BCUT2D eigenvalue weighted by Crippen LogP contribution is -2.40. The summed E-state index contributed by atoms with van der Waals surface area (Å²) in [7, 11) is 0. The van der Waals surface area contributed by atoms with Crippen LogP contribution < -0.4 is 5.32 Å². The summed E-state index contributed by atoms with van der Waals surface area (Å²) in [5, 5.41) is 14.0. The summed E-state index contributed by atoms with van der Waals surface area (Å²) in [5.74, 6) is 1.25. The average Bonchev–Trinajstić information content (AvgIpc) is 2.94. The molecule has 3 rings (SSSR count). The SMILES string of the molecule is CC(C)[C@]1(C)SC(NC2C[C@H]3C[C@@H]2CC3O)=NC1=O. The molecule has 1 amide bonds. The largest absolute Gasteiger partial charge is 0.393 e. The minimum absolute atomic E-state index is 0.0156. The summed E-state index contributed by atoms with van der Waals surface area (Å²) in [6, 6.07) is 0.391. The third-order valence-electron chi connectivity index (χ3n) is 5.17. The number of carbonyl (C=O) groups is 1. The summed E-state index contributed by atoms with van der Waals surface area (Å²) < 4.78 is -0.417. The van der Waals surface area contributed by atoms with Crippen molar-refractivity contribution in [2.24, 2.45) is 22.7 Å². The normalized spacial score (nSPS) is 45.1. The van der Waals surface area contributed by atoms with Crippen molar-refractivity contribution in [3.05, 3.63) is 0 Å². The molecule has 5 atom stereocenters. The monoisotopic (exact) mass is 282 g/mol. The van der Waals surface area contributed by atoms with E-state index in [1.165, 1.54) is 0 Å². The number of hydrogen-bond donors (Lipinski definition) is 2. The van der Waals surface area contributed by atoms with Crippen molar-refractivity contribution in [1.29, 1.82) is 0 Å². The van der Waals surface area contributed by atoms with Crippen LogP contribution >= 0.6 is 11.8 Å². The Morgan fingerprint density at radius 3 is 2.58 bits per heavy atom. The van der Waals surface area contributed by atoms with Gasteiger partial charge >= 0.3 is 0 Å². The highest BCUT2D eigenvalue weighted by Gasteiger charge is 2.48. The lowest BCUT2D eigenvalue weighted by Gasteiger charge is -2.28. The maximum absolute atomic E-state index is 12.0. The van der Waals surface area contributed by atoms with Crippen LogP contribution in [0.1, 0.15) is 40.0 Å². The van der Waals surface area contributed by atoms with Crippen LogP contribution in [0.15, 0.2) is 4.99 Å². The highest BCUT2D eigenvalue weighted by molar-refractivity contribution is 8.16. The van der Waals surface area contributed by atoms with E-state index < -0.39 is 4.75 Å². The molecule has 2 aliphatic carbocycles. The molecule has 19 heavy (non-hydrogen) atoms. The molecule has 2 fully saturated rings. The number of thioether (sulfide) groups is 1. The Morgan fingerprint density at radius 2 is 2.11 bits per heavy atom. The minimum Gasteiger partial charge on any atom is -0.393 e. The second-order valence-electron chi connectivity index (χ2n) is 6.63. The number of hydrogen-bond acceptors (Lipinski definition) is 4. The van der Waals surface area contributed by atoms with Gasteiger partial charge < -0.3 is 10.4 Å². The number of amides is 1. The Kier molecular flexibility index (Phi) is 3.17. The van der Waals surface area contributed by atoms with Crippen molar-refractivity contribution in [2.45, 2.75) is 56.9 Å². The third kappa shape index (κ3) is 2.11. The van der Waals surface area contributed by atoms with Gasteiger partial charge in [0.1, 0.15) is 4.75 Å². The van der Waals surface area contributed by atoms with Crippen molar-refractivity contribution in [1.82, 2.24) is 5.32 Å². The molecule has 0 aromatic carbocycles. The van der Waals surface area contributed by atoms with Crippen LogP contribution in [0.2, 0.25) is 0 Å². The standard InChI is InChI=1S/C14H22N2O2S/c1-7(2)14(3)12(18)16-13(19-14)15-10-5-9-4-8(10)6-11(9)17/h7-11,17H,4-6H2,1-3H3,(H,15,16,18)/t8-,9-,10?,11?,14+/m1/s1. The quantitative estimate of drug-likeness (QED) is 0.810. The van der Waals surface area contributed by atoms with E-state index >= 15 is 0 Å². The number of fused-ring (bicyclic) bond motifs is 2. The van der Waals surface area contributed by atoms with Crippen molar-refractivity contribution in [2.75, 3.05) is 0 Å². The molecule has 0 aromatic rings. The minimum atomic E-state index is -0.417. The van der Waals surface area contributed by atoms with Crippen molar-refractivity contribution >= 4 is 22.8 Å². The van der Waals surface area contributed by atoms with Gasteiger partial charge in [0.2, 0.25) is 0 Å². The molecule has 1 aliphatic heterocycles. The molecule has 2 saturated carbocycles. The van der Waals surface area contributed by atoms with E-state index in [1.54, 1.807) is 11.8 Å². The van der Waals surface area contributed by atoms with Crippen LogP contribution in [-0.2, 0) is 4.79 Å². The zero-order valence-corrected chi connectivity index (χ0v) is 12.5. The van der Waals surface area contributed by atoms with Gasteiger partial charge in [-0.05, 0) is 43.9 Å². The van der Waals surface area contributed by atoms with E-state index in [2.05, 4.69) is 24.2 Å². The summed E-state index contributed by atoms with van der Waals surface area (Å²) in [6.07, 6.45) is 2.92. The van der Waals surface area contributed by atoms with Crippen LogP contribution in [0, 0.1) is 17.8 Å². The fourth-order valence-electron chi connectivity index (χ4n) is 3.48. The van der Waals surface area contributed by atoms with Crippen LogP contribution in [0.4, 0.5) is 0 Å². The number of aliphatic imine (C=N–C) groups is 1. The van der Waals surface area contributed by atoms with Crippen molar-refractivity contribution in [3.8, 4) is 0 Å². The van der Waals surface area contributed by atoms with Crippen LogP contribution in [-0.4, -0.2) is 33.1 Å². The van der Waals surface area contributed by atoms with Crippen LogP contribution in [0.5, 0.6) is 0 Å². The molecule has 2 N–H and O–H groups in total. The number of nitrogens with zero attached hydrogens (tertiary/aromatic N) is 1. The molecule has 0 aromatic heterocycles. The highest BCUT2D eigenvalue weighted by Crippen LogP contribution is 2.46. The number of amidine groups is 1. The van der Waals surface area contributed by atoms with Gasteiger partial charge in [0.25, 0.3) is 5.91 Å². The fourth-order valence-corrected chi connectivity index (χ4v) is 4.59. The molecule has 2 unspecified atom stereocenters. The molecule has 4 nitrogen and oxygen atoms in total. The van der Waals surface area contributed by atoms with Gasteiger partial charge in [-0.25, -0.2) is 0 Å². The predicted octanol–water partition coefficient (Wildman–Crippen LogP) is 1.78. The number of aliphatic hydroxyl groups is 1. The Morgan fingerprint density at radius 1 is 1.37 bits per heavy atom. The first-order valence-electron chi connectivity index (χ1n) is 7.17.